The van der Waals surface area contributed by atoms with Gasteiger partial charge in [0.1, 0.15) is 5.82 Å². The highest BCUT2D eigenvalue weighted by atomic mass is 35.5. The summed E-state index contributed by atoms with van der Waals surface area (Å²) in [4.78, 5) is 10.6. The second-order valence-corrected chi connectivity index (χ2v) is 9.59. The Hall–Kier alpha value is -2.78. The van der Waals surface area contributed by atoms with Gasteiger partial charge in [0.25, 0.3) is 0 Å². The number of imidazole rings is 1. The van der Waals surface area contributed by atoms with Crippen molar-refractivity contribution in [2.75, 3.05) is 26.7 Å². The average molecular weight is 523 g/mol. The van der Waals surface area contributed by atoms with Crippen LogP contribution in [0.25, 0.3) is 5.03 Å². The van der Waals surface area contributed by atoms with Crippen molar-refractivity contribution in [1.29, 1.82) is 0 Å². The van der Waals surface area contributed by atoms with E-state index in [1.54, 1.807) is 6.20 Å². The monoisotopic (exact) mass is 522 g/mol. The van der Waals surface area contributed by atoms with Crippen LogP contribution in [0.4, 0.5) is 18.9 Å². The number of nitrogens with zero attached hydrogens (tertiary/aromatic N) is 4. The van der Waals surface area contributed by atoms with Crippen molar-refractivity contribution in [2.45, 2.75) is 38.8 Å². The fourth-order valence-corrected chi connectivity index (χ4v) is 4.93. The molecule has 6 nitrogen and oxygen atoms in total. The van der Waals surface area contributed by atoms with Gasteiger partial charge in [0, 0.05) is 44.3 Å². The summed E-state index contributed by atoms with van der Waals surface area (Å²) >= 11 is 6.88. The summed E-state index contributed by atoms with van der Waals surface area (Å²) in [6, 6.07) is 5.80. The van der Waals surface area contributed by atoms with Gasteiger partial charge in [-0.1, -0.05) is 17.7 Å². The number of aliphatic imine (C=N–C) groups is 1. The Bertz CT molecular complexity index is 1140. The Kier molecular flexibility index (Phi) is 8.89. The van der Waals surface area contributed by atoms with Crippen molar-refractivity contribution in [3.8, 4) is 0 Å². The molecule has 0 amide bonds. The summed E-state index contributed by atoms with van der Waals surface area (Å²) in [5.41, 5.74) is 10.8. The molecule has 1 unspecified atom stereocenters. The zero-order valence-corrected chi connectivity index (χ0v) is 21.9. The number of alkyl halides is 3. The minimum Gasteiger partial charge on any atom is -0.403 e. The molecule has 3 rings (SSSR count). The lowest BCUT2D eigenvalue weighted by atomic mass is 9.90. The first kappa shape index (κ1) is 27.8. The maximum atomic E-state index is 13.0. The van der Waals surface area contributed by atoms with E-state index in [1.807, 2.05) is 61.8 Å². The number of aryl methyl sites for hydroxylation is 1. The van der Waals surface area contributed by atoms with Gasteiger partial charge in [-0.3, -0.25) is 9.89 Å². The molecule has 0 aliphatic carbocycles. The van der Waals surface area contributed by atoms with Crippen molar-refractivity contribution in [3.63, 3.8) is 0 Å². The highest BCUT2D eigenvalue weighted by Gasteiger charge is 2.41. The minimum absolute atomic E-state index is 0.105. The van der Waals surface area contributed by atoms with Crippen LogP contribution in [0.1, 0.15) is 48.3 Å². The lowest BCUT2D eigenvalue weighted by Gasteiger charge is -2.33. The Labute approximate surface area is 215 Å². The molecular weight excluding hydrogens is 489 g/mol. The van der Waals surface area contributed by atoms with Crippen LogP contribution in [0.2, 0.25) is 0 Å². The van der Waals surface area contributed by atoms with E-state index in [-0.39, 0.29) is 18.8 Å². The number of halogens is 4. The molecule has 36 heavy (non-hydrogen) atoms. The first-order chi connectivity index (χ1) is 17.0. The molecule has 0 saturated carbocycles. The van der Waals surface area contributed by atoms with E-state index in [0.29, 0.717) is 35.9 Å². The topological polar surface area (TPSA) is 71.5 Å². The van der Waals surface area contributed by atoms with Gasteiger partial charge in [-0.2, -0.15) is 13.2 Å². The highest BCUT2D eigenvalue weighted by molar-refractivity contribution is 6.49. The molecule has 1 aromatic heterocycles. The van der Waals surface area contributed by atoms with E-state index in [2.05, 4.69) is 22.0 Å². The number of likely N-dealkylation sites (N-methyl/N-ethyl adjacent to an activating group) is 1. The number of nitrogens with one attached hydrogen (secondary N) is 1. The standard InChI is InChI=1S/C26H34ClF3N6/c1-16(15-36-10-8-19(9-11-36)26(28,29)30)25(27)20-12-18(6-7-21(20)32-3)24(22(13-31)33-4)23-14-34-17(2)35(23)5/h6-7,12-14,19,24,33H,3,8-11,15,31H2,1-2,4-5H3/b22-13-,25-16-. The summed E-state index contributed by atoms with van der Waals surface area (Å²) in [6.45, 7) is 8.78. The Morgan fingerprint density at radius 3 is 2.53 bits per heavy atom. The number of likely N-dealkylation sites (tertiary alicyclic amines) is 1. The second-order valence-electron chi connectivity index (χ2n) is 9.22. The van der Waals surface area contributed by atoms with Crippen LogP contribution in [0, 0.1) is 12.8 Å². The lowest BCUT2D eigenvalue weighted by Crippen LogP contribution is -2.39. The second kappa shape index (κ2) is 11.5. The molecule has 196 valence electrons. The third kappa shape index (κ3) is 5.95. The first-order valence-corrected chi connectivity index (χ1v) is 12.2. The predicted molar refractivity (Wildman–Crippen MR) is 140 cm³/mol. The predicted octanol–water partition coefficient (Wildman–Crippen LogP) is 5.46. The number of nitrogens with two attached hydrogens (primary N) is 1. The molecular formula is C26H34ClF3N6. The van der Waals surface area contributed by atoms with Crippen LogP contribution < -0.4 is 11.1 Å². The smallest absolute Gasteiger partial charge is 0.391 e. The molecule has 3 N–H and O–H groups in total. The molecule has 0 spiro atoms. The van der Waals surface area contributed by atoms with Crippen LogP contribution in [0.15, 0.2) is 46.9 Å². The molecule has 1 aromatic carbocycles. The fraction of sp³-hybridized carbons (Fsp3) is 0.462. The fourth-order valence-electron chi connectivity index (χ4n) is 4.72. The summed E-state index contributed by atoms with van der Waals surface area (Å²) in [6.07, 6.45) is -0.555. The molecule has 0 bridgehead atoms. The van der Waals surface area contributed by atoms with E-state index in [9.17, 15) is 13.2 Å². The van der Waals surface area contributed by atoms with Crippen molar-refractivity contribution in [1.82, 2.24) is 19.8 Å². The largest absolute Gasteiger partial charge is 0.403 e. The highest BCUT2D eigenvalue weighted by Crippen LogP contribution is 2.38. The van der Waals surface area contributed by atoms with Gasteiger partial charge < -0.3 is 15.6 Å². The first-order valence-electron chi connectivity index (χ1n) is 11.8. The van der Waals surface area contributed by atoms with Crippen LogP contribution in [0.3, 0.4) is 0 Å². The van der Waals surface area contributed by atoms with Gasteiger partial charge in [0.15, 0.2) is 0 Å². The molecule has 0 radical (unpaired) electrons. The number of hydrogen-bond donors (Lipinski definition) is 2. The van der Waals surface area contributed by atoms with E-state index >= 15 is 0 Å². The van der Waals surface area contributed by atoms with E-state index in [4.69, 9.17) is 17.3 Å². The van der Waals surface area contributed by atoms with Crippen molar-refractivity contribution < 1.29 is 13.2 Å². The summed E-state index contributed by atoms with van der Waals surface area (Å²) < 4.78 is 41.1. The van der Waals surface area contributed by atoms with Gasteiger partial charge >= 0.3 is 6.18 Å². The lowest BCUT2D eigenvalue weighted by molar-refractivity contribution is -0.184. The third-order valence-electron chi connectivity index (χ3n) is 6.98. The molecule has 1 aliphatic rings. The number of benzene rings is 1. The van der Waals surface area contributed by atoms with Crippen molar-refractivity contribution in [2.24, 2.45) is 23.7 Å². The molecule has 10 heteroatoms. The maximum Gasteiger partial charge on any atom is 0.391 e. The molecule has 1 atom stereocenters. The number of piperidine rings is 1. The average Bonchev–Trinajstić information content (AvgIpc) is 3.18. The van der Waals surface area contributed by atoms with Crippen molar-refractivity contribution in [3.05, 3.63) is 64.5 Å². The Morgan fingerprint density at radius 2 is 2.03 bits per heavy atom. The quantitative estimate of drug-likeness (QED) is 0.452. The van der Waals surface area contributed by atoms with Gasteiger partial charge in [-0.05, 0) is 69.8 Å². The van der Waals surface area contributed by atoms with Crippen LogP contribution in [-0.4, -0.2) is 54.0 Å². The molecule has 2 aromatic rings. The third-order valence-corrected chi connectivity index (χ3v) is 7.50. The molecule has 2 heterocycles. The van der Waals surface area contributed by atoms with Gasteiger partial charge in [-0.25, -0.2) is 4.98 Å². The van der Waals surface area contributed by atoms with Crippen LogP contribution >= 0.6 is 11.6 Å². The van der Waals surface area contributed by atoms with E-state index in [0.717, 1.165) is 28.4 Å². The number of hydrogen-bond acceptors (Lipinski definition) is 5. The SMILES string of the molecule is C=Nc1ccc(C(/C(=C/N)NC)c2cnc(C)n2C)cc1/C(Cl)=C(\C)CN1CCC(C(F)(F)F)CC1. The van der Waals surface area contributed by atoms with Gasteiger partial charge in [0.2, 0.25) is 0 Å². The Balaban J connectivity index is 1.96. The van der Waals surface area contributed by atoms with E-state index in [1.165, 1.54) is 0 Å². The van der Waals surface area contributed by atoms with Crippen LogP contribution in [-0.2, 0) is 7.05 Å². The number of rotatable bonds is 8. The maximum absolute atomic E-state index is 13.0. The Morgan fingerprint density at radius 1 is 1.36 bits per heavy atom. The molecule has 1 aliphatic heterocycles. The summed E-state index contributed by atoms with van der Waals surface area (Å²) in [5.74, 6) is -0.587. The van der Waals surface area contributed by atoms with Crippen molar-refractivity contribution >= 4 is 29.0 Å². The van der Waals surface area contributed by atoms with E-state index < -0.39 is 12.1 Å². The zero-order chi connectivity index (χ0) is 26.6. The minimum atomic E-state index is -4.13. The molecule has 1 saturated heterocycles. The zero-order valence-electron chi connectivity index (χ0n) is 21.2. The van der Waals surface area contributed by atoms with Gasteiger partial charge in [-0.15, -0.1) is 0 Å². The summed E-state index contributed by atoms with van der Waals surface area (Å²) in [7, 11) is 3.77. The number of allylic oxidation sites excluding steroid dienone is 1. The number of aromatic nitrogens is 2. The normalized spacial score (nSPS) is 17.6. The molecule has 1 fully saturated rings. The summed E-state index contributed by atoms with van der Waals surface area (Å²) in [5, 5.41) is 3.69. The van der Waals surface area contributed by atoms with Crippen LogP contribution in [0.5, 0.6) is 0 Å². The van der Waals surface area contributed by atoms with Gasteiger partial charge in [0.05, 0.1) is 28.2 Å².